The number of halogens is 1. The van der Waals surface area contributed by atoms with Crippen LogP contribution in [0.5, 0.6) is 0 Å². The third-order valence-electron chi connectivity index (χ3n) is 9.21. The number of carbonyl (C=O) groups excluding carboxylic acids is 2. The molecule has 1 saturated heterocycles. The number of hydrogen-bond acceptors (Lipinski definition) is 4. The van der Waals surface area contributed by atoms with E-state index in [1.165, 1.54) is 12.1 Å². The molecule has 7 rings (SSSR count). The van der Waals surface area contributed by atoms with Crippen LogP contribution >= 0.6 is 0 Å². The molecular weight excluding hydrogens is 459 g/mol. The van der Waals surface area contributed by atoms with Gasteiger partial charge in [0.25, 0.3) is 0 Å². The van der Waals surface area contributed by atoms with Gasteiger partial charge in [-0.2, -0.15) is 0 Å². The molecule has 7 heteroatoms. The van der Waals surface area contributed by atoms with E-state index in [-0.39, 0.29) is 41.6 Å². The fourth-order valence-corrected chi connectivity index (χ4v) is 7.75. The van der Waals surface area contributed by atoms with E-state index in [1.54, 1.807) is 4.90 Å². The molecule has 4 bridgehead atoms. The number of amides is 2. The van der Waals surface area contributed by atoms with Crippen molar-refractivity contribution in [2.24, 2.45) is 17.8 Å². The van der Waals surface area contributed by atoms with E-state index in [0.717, 1.165) is 30.4 Å². The van der Waals surface area contributed by atoms with Crippen molar-refractivity contribution in [2.75, 3.05) is 13.1 Å². The van der Waals surface area contributed by atoms with E-state index in [1.807, 2.05) is 42.5 Å². The van der Waals surface area contributed by atoms with Crippen LogP contribution in [-0.2, 0) is 21.6 Å². The Morgan fingerprint density at radius 3 is 2.31 bits per heavy atom. The van der Waals surface area contributed by atoms with Gasteiger partial charge in [-0.3, -0.25) is 4.79 Å². The Kier molecular flexibility index (Phi) is 5.78. The van der Waals surface area contributed by atoms with Crippen molar-refractivity contribution in [3.8, 4) is 0 Å². The molecule has 0 spiro atoms. The molecule has 0 radical (unpaired) electrons. The lowest BCUT2D eigenvalue weighted by Crippen LogP contribution is -2.65. The molecule has 0 aromatic heterocycles. The van der Waals surface area contributed by atoms with Gasteiger partial charge in [-0.05, 0) is 73.1 Å². The zero-order valence-corrected chi connectivity index (χ0v) is 20.4. The first-order chi connectivity index (χ1) is 17.3. The number of hydrogen-bond donors (Lipinski definition) is 2. The Balaban J connectivity index is 1.11. The highest BCUT2D eigenvalue weighted by atomic mass is 19.1. The number of ether oxygens (including phenoxy) is 1. The average molecular weight is 493 g/mol. The second-order valence-corrected chi connectivity index (χ2v) is 11.5. The molecule has 2 atom stereocenters. The molecule has 4 aliphatic carbocycles. The van der Waals surface area contributed by atoms with Gasteiger partial charge in [0.15, 0.2) is 0 Å². The van der Waals surface area contributed by atoms with Crippen LogP contribution in [0.2, 0.25) is 0 Å². The van der Waals surface area contributed by atoms with Gasteiger partial charge in [-0.25, -0.2) is 9.18 Å². The lowest BCUT2D eigenvalue weighted by atomic mass is 9.41. The Bertz CT molecular complexity index is 1120. The minimum absolute atomic E-state index is 0.0643. The molecule has 4 saturated carbocycles. The summed E-state index contributed by atoms with van der Waals surface area (Å²) in [4.78, 5) is 27.5. The molecule has 2 aromatic carbocycles. The monoisotopic (exact) mass is 492 g/mol. The van der Waals surface area contributed by atoms with E-state index in [9.17, 15) is 19.1 Å². The Labute approximate surface area is 210 Å². The number of carbonyl (C=O) groups is 2. The quantitative estimate of drug-likeness (QED) is 0.635. The topological polar surface area (TPSA) is 78.9 Å². The zero-order chi connectivity index (χ0) is 24.9. The first kappa shape index (κ1) is 23.5. The van der Waals surface area contributed by atoms with E-state index >= 15 is 0 Å². The number of nitrogens with zero attached hydrogens (tertiary/aromatic N) is 1. The SMILES string of the molecule is O=C(NC1CN(C(=O)CC2(c3ccc(F)cc3)C3CC4CC2CC(O)(C4)C3)C1)OCc1ccccc1. The van der Waals surface area contributed by atoms with Crippen molar-refractivity contribution >= 4 is 12.0 Å². The minimum Gasteiger partial charge on any atom is -0.445 e. The Morgan fingerprint density at radius 2 is 1.67 bits per heavy atom. The lowest BCUT2D eigenvalue weighted by molar-refractivity contribution is -0.173. The van der Waals surface area contributed by atoms with Gasteiger partial charge in [0.05, 0.1) is 11.6 Å². The summed E-state index contributed by atoms with van der Waals surface area (Å²) in [6, 6.07) is 16.1. The lowest BCUT2D eigenvalue weighted by Gasteiger charge is -2.64. The van der Waals surface area contributed by atoms with Crippen LogP contribution in [0.25, 0.3) is 0 Å². The van der Waals surface area contributed by atoms with Crippen LogP contribution in [0.4, 0.5) is 9.18 Å². The Hall–Kier alpha value is -2.93. The van der Waals surface area contributed by atoms with Crippen LogP contribution in [0.15, 0.2) is 54.6 Å². The first-order valence-electron chi connectivity index (χ1n) is 13.1. The molecule has 190 valence electrons. The third kappa shape index (κ3) is 4.17. The maximum absolute atomic E-state index is 13.8. The van der Waals surface area contributed by atoms with Gasteiger partial charge < -0.3 is 20.1 Å². The summed E-state index contributed by atoms with van der Waals surface area (Å²) in [7, 11) is 0. The fraction of sp³-hybridized carbons (Fsp3) is 0.517. The zero-order valence-electron chi connectivity index (χ0n) is 20.4. The van der Waals surface area contributed by atoms with Gasteiger partial charge in [0, 0.05) is 24.9 Å². The van der Waals surface area contributed by atoms with Gasteiger partial charge in [0.1, 0.15) is 12.4 Å². The summed E-state index contributed by atoms with van der Waals surface area (Å²) in [5, 5.41) is 14.0. The normalized spacial score (nSPS) is 32.7. The molecular formula is C29H33FN2O4. The highest BCUT2D eigenvalue weighted by molar-refractivity contribution is 5.79. The summed E-state index contributed by atoms with van der Waals surface area (Å²) in [6.07, 6.45) is 4.20. The van der Waals surface area contributed by atoms with Crippen LogP contribution in [0.1, 0.15) is 49.7 Å². The van der Waals surface area contributed by atoms with Crippen LogP contribution in [0.3, 0.4) is 0 Å². The molecule has 1 aliphatic heterocycles. The van der Waals surface area contributed by atoms with Crippen molar-refractivity contribution in [1.82, 2.24) is 10.2 Å². The Morgan fingerprint density at radius 1 is 1.00 bits per heavy atom. The van der Waals surface area contributed by atoms with Crippen LogP contribution < -0.4 is 5.32 Å². The maximum atomic E-state index is 13.8. The standard InChI is InChI=1S/C29H33FN2O4/c30-24-8-6-21(7-9-24)29(22-10-20-11-23(29)14-28(35,12-20)13-22)15-26(33)32-16-25(17-32)31-27(34)36-18-19-4-2-1-3-5-19/h1-9,20,22-23,25,35H,10-18H2,(H,31,34). The summed E-state index contributed by atoms with van der Waals surface area (Å²) in [6.45, 7) is 1.12. The van der Waals surface area contributed by atoms with Crippen molar-refractivity contribution in [3.63, 3.8) is 0 Å². The van der Waals surface area contributed by atoms with E-state index < -0.39 is 11.7 Å². The molecule has 36 heavy (non-hydrogen) atoms. The minimum atomic E-state index is -0.616. The number of benzene rings is 2. The van der Waals surface area contributed by atoms with Crippen LogP contribution in [-0.4, -0.2) is 46.7 Å². The third-order valence-corrected chi connectivity index (χ3v) is 9.21. The smallest absolute Gasteiger partial charge is 0.407 e. The van der Waals surface area contributed by atoms with Crippen molar-refractivity contribution in [1.29, 1.82) is 0 Å². The molecule has 2 unspecified atom stereocenters. The van der Waals surface area contributed by atoms with Crippen molar-refractivity contribution in [2.45, 2.75) is 62.2 Å². The second kappa shape index (κ2) is 8.87. The predicted octanol–water partition coefficient (Wildman–Crippen LogP) is 4.16. The maximum Gasteiger partial charge on any atom is 0.407 e. The van der Waals surface area contributed by atoms with Crippen molar-refractivity contribution < 1.29 is 23.8 Å². The largest absolute Gasteiger partial charge is 0.445 e. The molecule has 5 aliphatic rings. The fourth-order valence-electron chi connectivity index (χ4n) is 7.75. The number of aliphatic hydroxyl groups is 1. The number of rotatable bonds is 6. The second-order valence-electron chi connectivity index (χ2n) is 11.5. The molecule has 2 aromatic rings. The van der Waals surface area contributed by atoms with E-state index in [2.05, 4.69) is 5.32 Å². The first-order valence-corrected chi connectivity index (χ1v) is 13.1. The van der Waals surface area contributed by atoms with E-state index in [4.69, 9.17) is 4.74 Å². The summed E-state index contributed by atoms with van der Waals surface area (Å²) < 4.78 is 19.1. The molecule has 1 heterocycles. The highest BCUT2D eigenvalue weighted by Gasteiger charge is 2.63. The van der Waals surface area contributed by atoms with Gasteiger partial charge >= 0.3 is 6.09 Å². The average Bonchev–Trinajstić information content (AvgIpc) is 2.82. The summed E-state index contributed by atoms with van der Waals surface area (Å²) in [5.74, 6) is 0.723. The van der Waals surface area contributed by atoms with Crippen LogP contribution in [0, 0.1) is 23.6 Å². The molecule has 5 fully saturated rings. The van der Waals surface area contributed by atoms with Crippen molar-refractivity contribution in [3.05, 3.63) is 71.5 Å². The molecule has 2 N–H and O–H groups in total. The molecule has 6 nitrogen and oxygen atoms in total. The van der Waals surface area contributed by atoms with Gasteiger partial charge in [0.2, 0.25) is 5.91 Å². The van der Waals surface area contributed by atoms with Gasteiger partial charge in [-0.1, -0.05) is 42.5 Å². The number of alkyl carbamates (subject to hydrolysis) is 1. The highest BCUT2D eigenvalue weighted by Crippen LogP contribution is 2.65. The summed E-state index contributed by atoms with van der Waals surface area (Å²) in [5.41, 5.74) is 0.953. The predicted molar refractivity (Wildman–Crippen MR) is 131 cm³/mol. The summed E-state index contributed by atoms with van der Waals surface area (Å²) >= 11 is 0. The number of likely N-dealkylation sites (tertiary alicyclic amines) is 1. The molecule has 2 amide bonds. The van der Waals surface area contributed by atoms with E-state index in [0.29, 0.717) is 38.3 Å². The van der Waals surface area contributed by atoms with Gasteiger partial charge in [-0.15, -0.1) is 0 Å². The number of nitrogens with one attached hydrogen (secondary N) is 1.